The normalized spacial score (nSPS) is 14.3. The fraction of sp³-hybridized carbons (Fsp3) is 0.360. The topological polar surface area (TPSA) is 77.5 Å². The third-order valence-corrected chi connectivity index (χ3v) is 5.81. The van der Waals surface area contributed by atoms with Gasteiger partial charge >= 0.3 is 0 Å². The Morgan fingerprint density at radius 2 is 1.62 bits per heavy atom. The fourth-order valence-corrected chi connectivity index (χ4v) is 4.08. The minimum atomic E-state index is -0.0600. The lowest BCUT2D eigenvalue weighted by Crippen LogP contribution is -2.53. The number of furan rings is 2. The van der Waals surface area contributed by atoms with E-state index in [-0.39, 0.29) is 29.9 Å². The zero-order valence-electron chi connectivity index (χ0n) is 19.6. The van der Waals surface area contributed by atoms with E-state index in [1.54, 1.807) is 25.4 Å². The maximum atomic E-state index is 12.5. The third kappa shape index (κ3) is 6.63. The minimum absolute atomic E-state index is 0. The highest BCUT2D eigenvalue weighted by Crippen LogP contribution is 2.14. The van der Waals surface area contributed by atoms with Gasteiger partial charge in [-0.2, -0.15) is 0 Å². The smallest absolute Gasteiger partial charge is 0.289 e. The number of rotatable bonds is 7. The van der Waals surface area contributed by atoms with Gasteiger partial charge in [0, 0.05) is 46.3 Å². The van der Waals surface area contributed by atoms with E-state index in [0.29, 0.717) is 25.4 Å². The van der Waals surface area contributed by atoms with E-state index >= 15 is 0 Å². The molecular weight excluding hydrogens is 545 g/mol. The lowest BCUT2D eigenvalue weighted by molar-refractivity contribution is 0.0657. The summed E-state index contributed by atoms with van der Waals surface area (Å²) in [5.41, 5.74) is 2.50. The largest absolute Gasteiger partial charge is 0.468 e. The van der Waals surface area contributed by atoms with Crippen LogP contribution in [-0.4, -0.2) is 66.8 Å². The number of nitrogens with one attached hydrogen (secondary N) is 1. The first-order valence-electron chi connectivity index (χ1n) is 11.2. The Bertz CT molecular complexity index is 1040. The van der Waals surface area contributed by atoms with Crippen LogP contribution in [0.2, 0.25) is 0 Å². The van der Waals surface area contributed by atoms with Gasteiger partial charge < -0.3 is 24.0 Å². The molecule has 0 saturated carbocycles. The van der Waals surface area contributed by atoms with Crippen molar-refractivity contribution in [2.75, 3.05) is 40.3 Å². The molecule has 1 amide bonds. The molecule has 3 heterocycles. The molecule has 1 aliphatic rings. The number of benzene rings is 1. The number of aliphatic imine (C=N–C) groups is 1. The summed E-state index contributed by atoms with van der Waals surface area (Å²) in [5, 5.41) is 3.50. The van der Waals surface area contributed by atoms with Crippen LogP contribution in [0, 0.1) is 0 Å². The first-order chi connectivity index (χ1) is 16.1. The molecule has 0 unspecified atom stereocenters. The number of hydrogen-bond acceptors (Lipinski definition) is 5. The molecule has 8 nitrogen and oxygen atoms in total. The van der Waals surface area contributed by atoms with Crippen LogP contribution in [0.3, 0.4) is 0 Å². The summed E-state index contributed by atoms with van der Waals surface area (Å²) in [7, 11) is 3.89. The van der Waals surface area contributed by atoms with Gasteiger partial charge in [0.05, 0.1) is 19.1 Å². The molecule has 0 spiro atoms. The number of carbonyl (C=O) groups is 1. The molecule has 0 bridgehead atoms. The van der Waals surface area contributed by atoms with E-state index in [0.717, 1.165) is 37.9 Å². The highest BCUT2D eigenvalue weighted by molar-refractivity contribution is 14.0. The van der Waals surface area contributed by atoms with Crippen molar-refractivity contribution in [2.24, 2.45) is 4.99 Å². The first kappa shape index (κ1) is 25.8. The van der Waals surface area contributed by atoms with E-state index in [4.69, 9.17) is 8.83 Å². The maximum Gasteiger partial charge on any atom is 0.289 e. The Morgan fingerprint density at radius 1 is 0.941 bits per heavy atom. The highest BCUT2D eigenvalue weighted by atomic mass is 127. The third-order valence-electron chi connectivity index (χ3n) is 5.81. The molecule has 1 aliphatic heterocycles. The van der Waals surface area contributed by atoms with Gasteiger partial charge in [0.15, 0.2) is 11.7 Å². The van der Waals surface area contributed by atoms with Crippen molar-refractivity contribution in [1.82, 2.24) is 20.0 Å². The molecule has 1 saturated heterocycles. The van der Waals surface area contributed by atoms with Crippen LogP contribution in [0.1, 0.15) is 27.4 Å². The monoisotopic (exact) mass is 577 g/mol. The summed E-state index contributed by atoms with van der Waals surface area (Å²) in [5.74, 6) is 2.13. The van der Waals surface area contributed by atoms with Crippen LogP contribution >= 0.6 is 24.0 Å². The second-order valence-corrected chi connectivity index (χ2v) is 8.18. The van der Waals surface area contributed by atoms with Gasteiger partial charge in [0.1, 0.15) is 5.76 Å². The number of guanidine groups is 1. The van der Waals surface area contributed by atoms with Gasteiger partial charge in [0.25, 0.3) is 5.91 Å². The SMILES string of the molecule is CN=C(NCc1ccccc1CN(C)Cc1ccco1)N1CCN(C(=O)c2ccco2)CC1.I. The predicted octanol–water partition coefficient (Wildman–Crippen LogP) is 3.66. The average molecular weight is 577 g/mol. The molecular formula is C25H32IN5O3. The Balaban J connectivity index is 0.00000324. The number of hydrogen-bond donors (Lipinski definition) is 1. The zero-order valence-corrected chi connectivity index (χ0v) is 22.0. The van der Waals surface area contributed by atoms with Crippen molar-refractivity contribution in [3.05, 3.63) is 83.7 Å². The molecule has 3 aromatic rings. The molecule has 9 heteroatoms. The van der Waals surface area contributed by atoms with E-state index in [1.165, 1.54) is 17.4 Å². The molecule has 182 valence electrons. The molecule has 34 heavy (non-hydrogen) atoms. The highest BCUT2D eigenvalue weighted by Gasteiger charge is 2.25. The second kappa shape index (κ2) is 12.6. The predicted molar refractivity (Wildman–Crippen MR) is 142 cm³/mol. The molecule has 0 aliphatic carbocycles. The molecule has 1 fully saturated rings. The Kier molecular flexibility index (Phi) is 9.58. The molecule has 1 aromatic carbocycles. The standard InChI is InChI=1S/C25H31N5O3.HI/c1-26-25(30-13-11-29(12-14-30)24(31)23-10-6-16-33-23)27-17-20-7-3-4-8-21(20)18-28(2)19-22-9-5-15-32-22;/h3-10,15-16H,11-14,17-19H2,1-2H3,(H,26,27);1H. The van der Waals surface area contributed by atoms with Gasteiger partial charge in [-0.15, -0.1) is 24.0 Å². The van der Waals surface area contributed by atoms with Crippen LogP contribution < -0.4 is 5.32 Å². The summed E-state index contributed by atoms with van der Waals surface area (Å²) in [6.45, 7) is 4.98. The number of piperazine rings is 1. The van der Waals surface area contributed by atoms with Crippen molar-refractivity contribution in [3.63, 3.8) is 0 Å². The molecule has 2 aromatic heterocycles. The van der Waals surface area contributed by atoms with Gasteiger partial charge in [-0.25, -0.2) is 0 Å². The Morgan fingerprint density at radius 3 is 2.26 bits per heavy atom. The van der Waals surface area contributed by atoms with Crippen molar-refractivity contribution >= 4 is 35.8 Å². The van der Waals surface area contributed by atoms with E-state index in [9.17, 15) is 4.79 Å². The summed E-state index contributed by atoms with van der Waals surface area (Å²) < 4.78 is 10.7. The van der Waals surface area contributed by atoms with Crippen LogP contribution in [-0.2, 0) is 19.6 Å². The minimum Gasteiger partial charge on any atom is -0.468 e. The van der Waals surface area contributed by atoms with Crippen molar-refractivity contribution in [3.8, 4) is 0 Å². The zero-order chi connectivity index (χ0) is 23.0. The molecule has 0 radical (unpaired) electrons. The fourth-order valence-electron chi connectivity index (χ4n) is 4.08. The van der Waals surface area contributed by atoms with Crippen LogP contribution in [0.4, 0.5) is 0 Å². The Labute approximate surface area is 217 Å². The number of carbonyl (C=O) groups excluding carboxylic acids is 1. The van der Waals surface area contributed by atoms with Gasteiger partial charge in [-0.05, 0) is 42.4 Å². The average Bonchev–Trinajstić information content (AvgIpc) is 3.55. The second-order valence-electron chi connectivity index (χ2n) is 8.18. The van der Waals surface area contributed by atoms with Gasteiger partial charge in [-0.1, -0.05) is 24.3 Å². The van der Waals surface area contributed by atoms with Crippen molar-refractivity contribution in [1.29, 1.82) is 0 Å². The van der Waals surface area contributed by atoms with Crippen LogP contribution in [0.15, 0.2) is 74.9 Å². The lowest BCUT2D eigenvalue weighted by Gasteiger charge is -2.36. The Hall–Kier alpha value is -2.79. The maximum absolute atomic E-state index is 12.5. The summed E-state index contributed by atoms with van der Waals surface area (Å²) >= 11 is 0. The molecule has 1 N–H and O–H groups in total. The molecule has 4 rings (SSSR count). The van der Waals surface area contributed by atoms with Crippen molar-refractivity contribution < 1.29 is 13.6 Å². The quantitative estimate of drug-likeness (QED) is 0.263. The lowest BCUT2D eigenvalue weighted by atomic mass is 10.1. The molecule has 0 atom stereocenters. The van der Waals surface area contributed by atoms with Crippen molar-refractivity contribution in [2.45, 2.75) is 19.6 Å². The summed E-state index contributed by atoms with van der Waals surface area (Å²) in [6.07, 6.45) is 3.24. The van der Waals surface area contributed by atoms with E-state index in [2.05, 4.69) is 51.4 Å². The van der Waals surface area contributed by atoms with E-state index < -0.39 is 0 Å². The van der Waals surface area contributed by atoms with Gasteiger partial charge in [0.2, 0.25) is 0 Å². The van der Waals surface area contributed by atoms with Crippen LogP contribution in [0.25, 0.3) is 0 Å². The summed E-state index contributed by atoms with van der Waals surface area (Å²) in [4.78, 5) is 23.2. The van der Waals surface area contributed by atoms with Gasteiger partial charge in [-0.3, -0.25) is 14.7 Å². The van der Waals surface area contributed by atoms with Crippen LogP contribution in [0.5, 0.6) is 0 Å². The number of nitrogens with zero attached hydrogens (tertiary/aromatic N) is 4. The number of amides is 1. The van der Waals surface area contributed by atoms with E-state index in [1.807, 2.05) is 17.0 Å². The first-order valence-corrected chi connectivity index (χ1v) is 11.2. The number of halogens is 1. The summed E-state index contributed by atoms with van der Waals surface area (Å²) in [6, 6.07) is 15.8.